The molecule has 168 valence electrons. The Bertz CT molecular complexity index is 694. The first kappa shape index (κ1) is 22.8. The van der Waals surface area contributed by atoms with Crippen molar-refractivity contribution in [3.8, 4) is 0 Å². The van der Waals surface area contributed by atoms with E-state index in [1.165, 1.54) is 0 Å². The number of aliphatic imine (C=N–C) groups is 1. The van der Waals surface area contributed by atoms with Gasteiger partial charge >= 0.3 is 0 Å². The van der Waals surface area contributed by atoms with Crippen molar-refractivity contribution in [1.29, 1.82) is 0 Å². The molecule has 1 aromatic carbocycles. The molecule has 0 bridgehead atoms. The second-order valence-electron chi connectivity index (χ2n) is 8.34. The van der Waals surface area contributed by atoms with Crippen LogP contribution in [0.25, 0.3) is 0 Å². The zero-order chi connectivity index (χ0) is 21.3. The molecule has 1 aromatic rings. The SMILES string of the molecule is CN=C(NCc1ccc(N2CCOCC2)c(F)c1)NCC1CN(CC(C)C)CCO1. The summed E-state index contributed by atoms with van der Waals surface area (Å²) < 4.78 is 25.8. The average molecular weight is 422 g/mol. The van der Waals surface area contributed by atoms with Crippen LogP contribution in [0.2, 0.25) is 0 Å². The largest absolute Gasteiger partial charge is 0.378 e. The number of halogens is 1. The highest BCUT2D eigenvalue weighted by Crippen LogP contribution is 2.21. The van der Waals surface area contributed by atoms with Gasteiger partial charge in [-0.3, -0.25) is 9.89 Å². The molecule has 2 aliphatic rings. The van der Waals surface area contributed by atoms with E-state index in [0.29, 0.717) is 43.9 Å². The van der Waals surface area contributed by atoms with E-state index in [-0.39, 0.29) is 11.9 Å². The van der Waals surface area contributed by atoms with Crippen LogP contribution in [0.4, 0.5) is 10.1 Å². The van der Waals surface area contributed by atoms with Gasteiger partial charge in [0.05, 0.1) is 31.6 Å². The summed E-state index contributed by atoms with van der Waals surface area (Å²) in [5.74, 6) is 1.15. The lowest BCUT2D eigenvalue weighted by Gasteiger charge is -2.34. The minimum absolute atomic E-state index is 0.140. The highest BCUT2D eigenvalue weighted by molar-refractivity contribution is 5.79. The predicted molar refractivity (Wildman–Crippen MR) is 119 cm³/mol. The van der Waals surface area contributed by atoms with Gasteiger partial charge in [-0.1, -0.05) is 19.9 Å². The number of anilines is 1. The summed E-state index contributed by atoms with van der Waals surface area (Å²) in [6.07, 6.45) is 0.140. The molecule has 0 radical (unpaired) electrons. The summed E-state index contributed by atoms with van der Waals surface area (Å²) in [4.78, 5) is 8.76. The number of hydrogen-bond donors (Lipinski definition) is 2. The van der Waals surface area contributed by atoms with Crippen molar-refractivity contribution < 1.29 is 13.9 Å². The molecule has 1 unspecified atom stereocenters. The zero-order valence-corrected chi connectivity index (χ0v) is 18.5. The number of morpholine rings is 2. The quantitative estimate of drug-likeness (QED) is 0.516. The monoisotopic (exact) mass is 421 g/mol. The van der Waals surface area contributed by atoms with E-state index in [9.17, 15) is 4.39 Å². The maximum atomic E-state index is 14.6. The number of benzene rings is 1. The predicted octanol–water partition coefficient (Wildman–Crippen LogP) is 1.68. The minimum atomic E-state index is -0.194. The molecule has 0 aromatic heterocycles. The molecule has 1 atom stereocenters. The van der Waals surface area contributed by atoms with E-state index in [1.54, 1.807) is 13.1 Å². The second-order valence-corrected chi connectivity index (χ2v) is 8.34. The topological polar surface area (TPSA) is 61.4 Å². The smallest absolute Gasteiger partial charge is 0.191 e. The third-order valence-electron chi connectivity index (χ3n) is 5.39. The Morgan fingerprint density at radius 2 is 2.00 bits per heavy atom. The van der Waals surface area contributed by atoms with E-state index in [2.05, 4.69) is 34.4 Å². The van der Waals surface area contributed by atoms with Crippen molar-refractivity contribution in [3.05, 3.63) is 29.6 Å². The third kappa shape index (κ3) is 6.82. The highest BCUT2D eigenvalue weighted by Gasteiger charge is 2.21. The standard InChI is InChI=1S/C22H36FN5O2/c1-17(2)15-27-6-11-30-19(16-27)14-26-22(24-3)25-13-18-4-5-21(20(23)12-18)28-7-9-29-10-8-28/h4-5,12,17,19H,6-11,13-16H2,1-3H3,(H2,24,25,26). The van der Waals surface area contributed by atoms with Crippen molar-refractivity contribution in [1.82, 2.24) is 15.5 Å². The summed E-state index contributed by atoms with van der Waals surface area (Å²) in [6.45, 7) is 12.2. The molecule has 0 aliphatic carbocycles. The minimum Gasteiger partial charge on any atom is -0.378 e. The maximum absolute atomic E-state index is 14.6. The van der Waals surface area contributed by atoms with Crippen LogP contribution in [0, 0.1) is 11.7 Å². The van der Waals surface area contributed by atoms with Gasteiger partial charge in [0.25, 0.3) is 0 Å². The Labute approximate surface area is 179 Å². The van der Waals surface area contributed by atoms with E-state index in [0.717, 1.165) is 44.9 Å². The molecule has 0 amide bonds. The molecule has 2 saturated heterocycles. The fourth-order valence-electron chi connectivity index (χ4n) is 3.92. The molecule has 2 heterocycles. The lowest BCUT2D eigenvalue weighted by Crippen LogP contribution is -2.50. The number of nitrogens with one attached hydrogen (secondary N) is 2. The van der Waals surface area contributed by atoms with Gasteiger partial charge in [0.2, 0.25) is 0 Å². The van der Waals surface area contributed by atoms with Gasteiger partial charge in [0.1, 0.15) is 5.82 Å². The third-order valence-corrected chi connectivity index (χ3v) is 5.39. The molecule has 0 saturated carbocycles. The van der Waals surface area contributed by atoms with Crippen molar-refractivity contribution in [2.24, 2.45) is 10.9 Å². The normalized spacial score (nSPS) is 21.2. The van der Waals surface area contributed by atoms with Gasteiger partial charge in [0, 0.05) is 52.9 Å². The van der Waals surface area contributed by atoms with E-state index < -0.39 is 0 Å². The zero-order valence-electron chi connectivity index (χ0n) is 18.5. The molecule has 8 heteroatoms. The van der Waals surface area contributed by atoms with Gasteiger partial charge < -0.3 is 25.0 Å². The number of ether oxygens (including phenoxy) is 2. The molecule has 2 fully saturated rings. The Balaban J connectivity index is 1.45. The van der Waals surface area contributed by atoms with Crippen molar-refractivity contribution in [3.63, 3.8) is 0 Å². The first-order valence-electron chi connectivity index (χ1n) is 10.9. The van der Waals surface area contributed by atoms with Crippen LogP contribution in [-0.2, 0) is 16.0 Å². The van der Waals surface area contributed by atoms with Crippen LogP contribution >= 0.6 is 0 Å². The number of hydrogen-bond acceptors (Lipinski definition) is 5. The van der Waals surface area contributed by atoms with Gasteiger partial charge in [-0.15, -0.1) is 0 Å². The second kappa shape index (κ2) is 11.5. The molecule has 7 nitrogen and oxygen atoms in total. The van der Waals surface area contributed by atoms with Crippen LogP contribution < -0.4 is 15.5 Å². The van der Waals surface area contributed by atoms with Gasteiger partial charge in [-0.25, -0.2) is 4.39 Å². The Morgan fingerprint density at radius 1 is 1.20 bits per heavy atom. The summed E-state index contributed by atoms with van der Waals surface area (Å²) in [7, 11) is 1.74. The molecular weight excluding hydrogens is 385 g/mol. The maximum Gasteiger partial charge on any atom is 0.191 e. The van der Waals surface area contributed by atoms with Crippen molar-refractivity contribution >= 4 is 11.6 Å². The summed E-state index contributed by atoms with van der Waals surface area (Å²) in [5, 5.41) is 6.60. The van der Waals surface area contributed by atoms with Crippen LogP contribution in [-0.4, -0.2) is 83.1 Å². The van der Waals surface area contributed by atoms with E-state index in [4.69, 9.17) is 9.47 Å². The number of guanidine groups is 1. The molecule has 2 aliphatic heterocycles. The van der Waals surface area contributed by atoms with Crippen LogP contribution in [0.5, 0.6) is 0 Å². The first-order valence-corrected chi connectivity index (χ1v) is 10.9. The summed E-state index contributed by atoms with van der Waals surface area (Å²) in [5.41, 5.74) is 1.52. The molecule has 30 heavy (non-hydrogen) atoms. The van der Waals surface area contributed by atoms with Crippen LogP contribution in [0.15, 0.2) is 23.2 Å². The average Bonchev–Trinajstić information content (AvgIpc) is 2.74. The van der Waals surface area contributed by atoms with Gasteiger partial charge in [0.15, 0.2) is 5.96 Å². The van der Waals surface area contributed by atoms with Gasteiger partial charge in [-0.2, -0.15) is 0 Å². The highest BCUT2D eigenvalue weighted by atomic mass is 19.1. The van der Waals surface area contributed by atoms with E-state index >= 15 is 0 Å². The van der Waals surface area contributed by atoms with Crippen molar-refractivity contribution in [2.45, 2.75) is 26.5 Å². The lowest BCUT2D eigenvalue weighted by molar-refractivity contribution is -0.0284. The fraction of sp³-hybridized carbons (Fsp3) is 0.682. The lowest BCUT2D eigenvalue weighted by atomic mass is 10.1. The molecular formula is C22H36FN5O2. The first-order chi connectivity index (χ1) is 14.5. The number of nitrogens with zero attached hydrogens (tertiary/aromatic N) is 3. The summed E-state index contributed by atoms with van der Waals surface area (Å²) >= 11 is 0. The Morgan fingerprint density at radius 3 is 2.70 bits per heavy atom. The molecule has 2 N–H and O–H groups in total. The Kier molecular flexibility index (Phi) is 8.72. The molecule has 0 spiro atoms. The van der Waals surface area contributed by atoms with Crippen LogP contribution in [0.1, 0.15) is 19.4 Å². The van der Waals surface area contributed by atoms with Gasteiger partial charge in [-0.05, 0) is 23.6 Å². The number of rotatable bonds is 7. The van der Waals surface area contributed by atoms with E-state index in [1.807, 2.05) is 17.0 Å². The fourth-order valence-corrected chi connectivity index (χ4v) is 3.92. The van der Waals surface area contributed by atoms with Crippen LogP contribution in [0.3, 0.4) is 0 Å². The van der Waals surface area contributed by atoms with Crippen molar-refractivity contribution in [2.75, 3.05) is 71.0 Å². The molecule has 3 rings (SSSR count). The summed E-state index contributed by atoms with van der Waals surface area (Å²) in [6, 6.07) is 5.41. The Hall–Kier alpha value is -1.90.